The van der Waals surface area contributed by atoms with E-state index in [0.717, 1.165) is 11.5 Å². The van der Waals surface area contributed by atoms with Crippen LogP contribution in [0.2, 0.25) is 0 Å². The molecule has 1 aliphatic rings. The van der Waals surface area contributed by atoms with E-state index in [0.29, 0.717) is 0 Å². The van der Waals surface area contributed by atoms with Crippen LogP contribution < -0.4 is 0 Å². The van der Waals surface area contributed by atoms with Gasteiger partial charge in [-0.1, -0.05) is 13.2 Å². The predicted octanol–water partition coefficient (Wildman–Crippen LogP) is 1.89. The first kappa shape index (κ1) is 6.81. The molecule has 0 unspecified atom stereocenters. The lowest BCUT2D eigenvalue weighted by atomic mass is 10.4. The zero-order valence-electron chi connectivity index (χ0n) is 6.04. The third-order valence-electron chi connectivity index (χ3n) is 1.23. The quantitative estimate of drug-likeness (QED) is 0.534. The highest BCUT2D eigenvalue weighted by Crippen LogP contribution is 2.12. The largest absolute Gasteiger partial charge is 0.307 e. The maximum absolute atomic E-state index is 3.99. The summed E-state index contributed by atoms with van der Waals surface area (Å²) >= 11 is 0. The van der Waals surface area contributed by atoms with Gasteiger partial charge in [-0.05, 0) is 13.0 Å². The third kappa shape index (κ3) is 1.16. The summed E-state index contributed by atoms with van der Waals surface area (Å²) in [5.74, 6) is 0.718. The van der Waals surface area contributed by atoms with Crippen LogP contribution in [-0.4, -0.2) is 11.1 Å². The lowest BCUT2D eigenvalue weighted by Crippen LogP contribution is -2.13. The molecule has 0 spiro atoms. The minimum absolute atomic E-state index is 0.718. The Bertz CT molecular complexity index is 223. The molecular weight excluding hydrogens is 124 g/mol. The Morgan fingerprint density at radius 3 is 2.80 bits per heavy atom. The van der Waals surface area contributed by atoms with Gasteiger partial charge >= 0.3 is 0 Å². The fourth-order valence-electron chi connectivity index (χ4n) is 0.749. The van der Waals surface area contributed by atoms with Gasteiger partial charge in [0.1, 0.15) is 5.82 Å². The molecule has 0 saturated carbocycles. The van der Waals surface area contributed by atoms with Crippen molar-refractivity contribution in [3.05, 3.63) is 37.0 Å². The maximum atomic E-state index is 3.99. The van der Waals surface area contributed by atoms with Gasteiger partial charge in [0, 0.05) is 18.1 Å². The van der Waals surface area contributed by atoms with E-state index in [-0.39, 0.29) is 0 Å². The van der Waals surface area contributed by atoms with E-state index in [1.807, 2.05) is 24.1 Å². The molecule has 0 aromatic heterocycles. The molecule has 1 aliphatic heterocycles. The second-order valence-corrected chi connectivity index (χ2v) is 2.14. The van der Waals surface area contributed by atoms with Crippen molar-refractivity contribution in [2.24, 2.45) is 4.99 Å². The van der Waals surface area contributed by atoms with Crippen LogP contribution in [0.4, 0.5) is 0 Å². The second-order valence-electron chi connectivity index (χ2n) is 2.14. The fourth-order valence-corrected chi connectivity index (χ4v) is 0.749. The fraction of sp³-hybridized carbons (Fsp3) is 0.125. The van der Waals surface area contributed by atoms with E-state index in [2.05, 4.69) is 18.2 Å². The lowest BCUT2D eigenvalue weighted by molar-refractivity contribution is 0.571. The third-order valence-corrected chi connectivity index (χ3v) is 1.23. The number of nitrogens with zero attached hydrogens (tertiary/aromatic N) is 2. The average molecular weight is 134 g/mol. The Labute approximate surface area is 60.9 Å². The molecule has 10 heavy (non-hydrogen) atoms. The van der Waals surface area contributed by atoms with Crippen molar-refractivity contribution in [2.45, 2.75) is 6.92 Å². The summed E-state index contributed by atoms with van der Waals surface area (Å²) in [5, 5.41) is 0. The summed E-state index contributed by atoms with van der Waals surface area (Å²) in [6.45, 7) is 9.41. The van der Waals surface area contributed by atoms with E-state index < -0.39 is 0 Å². The topological polar surface area (TPSA) is 15.6 Å². The van der Waals surface area contributed by atoms with Gasteiger partial charge in [-0.2, -0.15) is 0 Å². The van der Waals surface area contributed by atoms with Gasteiger partial charge in [0.2, 0.25) is 0 Å². The molecule has 0 fully saturated rings. The second kappa shape index (κ2) is 2.52. The molecule has 0 N–H and O–H groups in total. The Kier molecular flexibility index (Phi) is 1.71. The summed E-state index contributed by atoms with van der Waals surface area (Å²) in [6, 6.07) is 0. The number of rotatable bonds is 1. The van der Waals surface area contributed by atoms with Crippen LogP contribution in [0.5, 0.6) is 0 Å². The van der Waals surface area contributed by atoms with Crippen LogP contribution in [0.15, 0.2) is 41.9 Å². The van der Waals surface area contributed by atoms with Crippen LogP contribution >= 0.6 is 0 Å². The SMILES string of the molecule is C=C(C)N1C=CC=NC1=C. The highest BCUT2D eigenvalue weighted by molar-refractivity contribution is 5.73. The molecule has 2 nitrogen and oxygen atoms in total. The van der Waals surface area contributed by atoms with E-state index in [1.165, 1.54) is 0 Å². The molecule has 52 valence electrons. The van der Waals surface area contributed by atoms with Crippen molar-refractivity contribution in [3.8, 4) is 0 Å². The minimum atomic E-state index is 0.718. The van der Waals surface area contributed by atoms with Crippen molar-refractivity contribution < 1.29 is 0 Å². The van der Waals surface area contributed by atoms with Crippen molar-refractivity contribution in [3.63, 3.8) is 0 Å². The predicted molar refractivity (Wildman–Crippen MR) is 43.4 cm³/mol. The molecule has 0 saturated heterocycles. The standard InChI is InChI=1S/C8H10N2/c1-7(2)10-6-4-5-9-8(10)3/h4-6H,1,3H2,2H3. The first-order chi connectivity index (χ1) is 4.72. The Morgan fingerprint density at radius 2 is 2.40 bits per heavy atom. The highest BCUT2D eigenvalue weighted by Gasteiger charge is 2.03. The van der Waals surface area contributed by atoms with Crippen LogP contribution in [0.1, 0.15) is 6.92 Å². The monoisotopic (exact) mass is 134 g/mol. The molecule has 1 rings (SSSR count). The zero-order valence-corrected chi connectivity index (χ0v) is 6.04. The van der Waals surface area contributed by atoms with E-state index in [1.54, 1.807) is 6.21 Å². The first-order valence-corrected chi connectivity index (χ1v) is 3.06. The molecule has 1 heterocycles. The summed E-state index contributed by atoms with van der Waals surface area (Å²) in [6.07, 6.45) is 5.45. The van der Waals surface area contributed by atoms with Crippen molar-refractivity contribution >= 4 is 6.21 Å². The Morgan fingerprint density at radius 1 is 1.70 bits per heavy atom. The molecule has 2 heteroatoms. The molecule has 0 bridgehead atoms. The number of aliphatic imine (C=N–C) groups is 1. The van der Waals surface area contributed by atoms with E-state index in [4.69, 9.17) is 0 Å². The van der Waals surface area contributed by atoms with Gasteiger partial charge in [-0.3, -0.25) is 0 Å². The Hall–Kier alpha value is -1.31. The lowest BCUT2D eigenvalue weighted by Gasteiger charge is -2.20. The van der Waals surface area contributed by atoms with Crippen LogP contribution in [-0.2, 0) is 0 Å². The van der Waals surface area contributed by atoms with Crippen molar-refractivity contribution in [2.75, 3.05) is 0 Å². The van der Waals surface area contributed by atoms with Gasteiger partial charge in [0.25, 0.3) is 0 Å². The zero-order chi connectivity index (χ0) is 7.56. The van der Waals surface area contributed by atoms with Crippen molar-refractivity contribution in [1.82, 2.24) is 4.90 Å². The number of hydrogen-bond acceptors (Lipinski definition) is 2. The van der Waals surface area contributed by atoms with Gasteiger partial charge in [0.05, 0.1) is 0 Å². The minimum Gasteiger partial charge on any atom is -0.307 e. The van der Waals surface area contributed by atoms with E-state index in [9.17, 15) is 0 Å². The van der Waals surface area contributed by atoms with Crippen LogP contribution in [0.3, 0.4) is 0 Å². The smallest absolute Gasteiger partial charge is 0.129 e. The Balaban J connectivity index is 2.80. The summed E-state index contributed by atoms with van der Waals surface area (Å²) in [7, 11) is 0. The number of allylic oxidation sites excluding steroid dienone is 2. The van der Waals surface area contributed by atoms with Crippen LogP contribution in [0, 0.1) is 0 Å². The summed E-state index contributed by atoms with van der Waals surface area (Å²) < 4.78 is 0. The van der Waals surface area contributed by atoms with Gasteiger partial charge in [-0.15, -0.1) is 0 Å². The van der Waals surface area contributed by atoms with Crippen molar-refractivity contribution in [1.29, 1.82) is 0 Å². The molecular formula is C8H10N2. The summed E-state index contributed by atoms with van der Waals surface area (Å²) in [5.41, 5.74) is 0.929. The molecule has 0 aromatic rings. The normalized spacial score (nSPS) is 16.1. The van der Waals surface area contributed by atoms with Crippen LogP contribution in [0.25, 0.3) is 0 Å². The van der Waals surface area contributed by atoms with E-state index >= 15 is 0 Å². The van der Waals surface area contributed by atoms with Gasteiger partial charge in [0.15, 0.2) is 0 Å². The highest BCUT2D eigenvalue weighted by atomic mass is 15.2. The maximum Gasteiger partial charge on any atom is 0.129 e. The average Bonchev–Trinajstić information content (AvgIpc) is 1.88. The molecule has 0 radical (unpaired) electrons. The van der Waals surface area contributed by atoms with Gasteiger partial charge < -0.3 is 4.90 Å². The molecule has 0 aromatic carbocycles. The molecule has 0 atom stereocenters. The van der Waals surface area contributed by atoms with Gasteiger partial charge in [-0.25, -0.2) is 4.99 Å². The number of hydrogen-bond donors (Lipinski definition) is 0. The first-order valence-electron chi connectivity index (χ1n) is 3.06. The molecule has 0 aliphatic carbocycles. The summed E-state index contributed by atoms with van der Waals surface area (Å²) in [4.78, 5) is 5.82. The molecule has 0 amide bonds.